The molecule has 0 bridgehead atoms. The van der Waals surface area contributed by atoms with Crippen molar-refractivity contribution in [3.8, 4) is 5.69 Å². The van der Waals surface area contributed by atoms with Crippen LogP contribution in [0.4, 0.5) is 5.69 Å². The number of rotatable bonds is 2. The molecular weight excluding hydrogens is 285 g/mol. The number of benzene rings is 1. The summed E-state index contributed by atoms with van der Waals surface area (Å²) in [6.45, 7) is 1.45. The SMILES string of the molecule is Nc1cn(-c2ccc(Cl)c(Cl)c2)nc1C1CCOC1. The van der Waals surface area contributed by atoms with Gasteiger partial charge in [0.2, 0.25) is 0 Å². The molecule has 1 aliphatic rings. The summed E-state index contributed by atoms with van der Waals surface area (Å²) in [5, 5.41) is 5.56. The number of halogens is 2. The number of nitrogens with two attached hydrogens (primary N) is 1. The van der Waals surface area contributed by atoms with Crippen molar-refractivity contribution in [2.24, 2.45) is 0 Å². The van der Waals surface area contributed by atoms with E-state index in [0.717, 1.165) is 24.4 Å². The second kappa shape index (κ2) is 5.04. The van der Waals surface area contributed by atoms with Crippen molar-refractivity contribution in [3.63, 3.8) is 0 Å². The first-order chi connectivity index (χ1) is 9.15. The molecule has 1 unspecified atom stereocenters. The third-order valence-corrected chi connectivity index (χ3v) is 4.00. The van der Waals surface area contributed by atoms with Gasteiger partial charge in [-0.15, -0.1) is 0 Å². The van der Waals surface area contributed by atoms with Crippen LogP contribution >= 0.6 is 23.2 Å². The fraction of sp³-hybridized carbons (Fsp3) is 0.308. The lowest BCUT2D eigenvalue weighted by Gasteiger charge is -2.05. The van der Waals surface area contributed by atoms with Gasteiger partial charge in [0.25, 0.3) is 0 Å². The fourth-order valence-electron chi connectivity index (χ4n) is 2.23. The highest BCUT2D eigenvalue weighted by Crippen LogP contribution is 2.30. The summed E-state index contributed by atoms with van der Waals surface area (Å²) in [5.41, 5.74) is 8.44. The summed E-state index contributed by atoms with van der Waals surface area (Å²) in [5.74, 6) is 0.282. The van der Waals surface area contributed by atoms with Crippen molar-refractivity contribution >= 4 is 28.9 Å². The zero-order valence-electron chi connectivity index (χ0n) is 10.1. The van der Waals surface area contributed by atoms with Crippen molar-refractivity contribution < 1.29 is 4.74 Å². The van der Waals surface area contributed by atoms with E-state index in [1.807, 2.05) is 6.07 Å². The van der Waals surface area contributed by atoms with Crippen LogP contribution in [0, 0.1) is 0 Å². The second-order valence-corrected chi connectivity index (χ2v) is 5.39. The quantitative estimate of drug-likeness (QED) is 0.925. The van der Waals surface area contributed by atoms with E-state index in [0.29, 0.717) is 22.3 Å². The summed E-state index contributed by atoms with van der Waals surface area (Å²) >= 11 is 11.9. The first-order valence-corrected chi connectivity index (χ1v) is 6.79. The van der Waals surface area contributed by atoms with Crippen LogP contribution in [0.15, 0.2) is 24.4 Å². The lowest BCUT2D eigenvalue weighted by molar-refractivity contribution is 0.193. The summed E-state index contributed by atoms with van der Waals surface area (Å²) in [6.07, 6.45) is 2.76. The number of hydrogen-bond acceptors (Lipinski definition) is 3. The van der Waals surface area contributed by atoms with Gasteiger partial charge < -0.3 is 10.5 Å². The Morgan fingerprint density at radius 1 is 1.32 bits per heavy atom. The van der Waals surface area contributed by atoms with E-state index in [1.54, 1.807) is 23.0 Å². The van der Waals surface area contributed by atoms with Crippen LogP contribution in [0.25, 0.3) is 5.69 Å². The predicted molar refractivity (Wildman–Crippen MR) is 76.2 cm³/mol. The molecule has 3 rings (SSSR count). The summed E-state index contributed by atoms with van der Waals surface area (Å²) < 4.78 is 7.10. The van der Waals surface area contributed by atoms with Crippen molar-refractivity contribution in [2.75, 3.05) is 18.9 Å². The van der Waals surface area contributed by atoms with Gasteiger partial charge in [0.15, 0.2) is 0 Å². The Balaban J connectivity index is 1.96. The van der Waals surface area contributed by atoms with Gasteiger partial charge in [-0.2, -0.15) is 5.10 Å². The molecule has 0 amide bonds. The average molecular weight is 298 g/mol. The highest BCUT2D eigenvalue weighted by Gasteiger charge is 2.23. The molecule has 0 radical (unpaired) electrons. The molecule has 4 nitrogen and oxygen atoms in total. The minimum atomic E-state index is 0.282. The van der Waals surface area contributed by atoms with E-state index in [4.69, 9.17) is 33.7 Å². The van der Waals surface area contributed by atoms with E-state index in [1.165, 1.54) is 0 Å². The molecule has 1 atom stereocenters. The van der Waals surface area contributed by atoms with E-state index < -0.39 is 0 Å². The summed E-state index contributed by atoms with van der Waals surface area (Å²) in [7, 11) is 0. The van der Waals surface area contributed by atoms with Gasteiger partial charge in [0.1, 0.15) is 0 Å². The molecule has 1 aliphatic heterocycles. The Morgan fingerprint density at radius 2 is 2.16 bits per heavy atom. The molecule has 1 fully saturated rings. The number of ether oxygens (including phenoxy) is 1. The van der Waals surface area contributed by atoms with Gasteiger partial charge in [0, 0.05) is 12.5 Å². The first kappa shape index (κ1) is 12.8. The first-order valence-electron chi connectivity index (χ1n) is 6.03. The third-order valence-electron chi connectivity index (χ3n) is 3.26. The maximum absolute atomic E-state index is 6.03. The van der Waals surface area contributed by atoms with E-state index >= 15 is 0 Å². The standard InChI is InChI=1S/C13H13Cl2N3O/c14-10-2-1-9(5-11(10)15)18-6-12(16)13(17-18)8-3-4-19-7-8/h1-2,5-6,8H,3-4,7,16H2. The Labute approximate surface area is 121 Å². The van der Waals surface area contributed by atoms with Gasteiger partial charge in [0.05, 0.1) is 39.9 Å². The molecule has 1 aromatic carbocycles. The normalized spacial score (nSPS) is 18.9. The largest absolute Gasteiger partial charge is 0.396 e. The lowest BCUT2D eigenvalue weighted by atomic mass is 10.0. The van der Waals surface area contributed by atoms with Crippen molar-refractivity contribution in [3.05, 3.63) is 40.1 Å². The Bertz CT molecular complexity index is 606. The van der Waals surface area contributed by atoms with Crippen LogP contribution in [0.3, 0.4) is 0 Å². The van der Waals surface area contributed by atoms with Crippen molar-refractivity contribution in [1.82, 2.24) is 9.78 Å². The van der Waals surface area contributed by atoms with Crippen LogP contribution in [0.1, 0.15) is 18.0 Å². The Kier molecular flexibility index (Phi) is 3.39. The predicted octanol–water partition coefficient (Wildman–Crippen LogP) is 3.27. The van der Waals surface area contributed by atoms with Crippen LogP contribution in [0.2, 0.25) is 10.0 Å². The van der Waals surface area contributed by atoms with Gasteiger partial charge in [-0.05, 0) is 24.6 Å². The third kappa shape index (κ3) is 2.43. The zero-order valence-corrected chi connectivity index (χ0v) is 11.7. The molecule has 1 aromatic heterocycles. The Morgan fingerprint density at radius 3 is 2.84 bits per heavy atom. The monoisotopic (exact) mass is 297 g/mol. The molecule has 0 aliphatic carbocycles. The summed E-state index contributed by atoms with van der Waals surface area (Å²) in [6, 6.07) is 5.37. The van der Waals surface area contributed by atoms with Gasteiger partial charge in [-0.3, -0.25) is 0 Å². The van der Waals surface area contributed by atoms with Crippen molar-refractivity contribution in [1.29, 1.82) is 0 Å². The van der Waals surface area contributed by atoms with Crippen LogP contribution in [-0.2, 0) is 4.74 Å². The minimum Gasteiger partial charge on any atom is -0.396 e. The molecule has 6 heteroatoms. The molecule has 19 heavy (non-hydrogen) atoms. The number of nitrogens with zero attached hydrogens (tertiary/aromatic N) is 2. The number of anilines is 1. The smallest absolute Gasteiger partial charge is 0.0912 e. The van der Waals surface area contributed by atoms with Gasteiger partial charge in [-0.1, -0.05) is 23.2 Å². The number of nitrogen functional groups attached to an aromatic ring is 1. The molecule has 0 spiro atoms. The molecule has 2 heterocycles. The molecule has 2 aromatic rings. The summed E-state index contributed by atoms with van der Waals surface area (Å²) in [4.78, 5) is 0. The minimum absolute atomic E-state index is 0.282. The highest BCUT2D eigenvalue weighted by molar-refractivity contribution is 6.42. The van der Waals surface area contributed by atoms with Gasteiger partial charge in [-0.25, -0.2) is 4.68 Å². The Hall–Kier alpha value is -1.23. The van der Waals surface area contributed by atoms with Gasteiger partial charge >= 0.3 is 0 Å². The van der Waals surface area contributed by atoms with Crippen LogP contribution < -0.4 is 5.73 Å². The molecular formula is C13H13Cl2N3O. The number of hydrogen-bond donors (Lipinski definition) is 1. The number of aromatic nitrogens is 2. The molecule has 1 saturated heterocycles. The topological polar surface area (TPSA) is 53.1 Å². The van der Waals surface area contributed by atoms with E-state index in [9.17, 15) is 0 Å². The molecule has 0 saturated carbocycles. The zero-order chi connectivity index (χ0) is 13.4. The maximum atomic E-state index is 6.03. The molecule has 2 N–H and O–H groups in total. The highest BCUT2D eigenvalue weighted by atomic mass is 35.5. The van der Waals surface area contributed by atoms with Crippen LogP contribution in [-0.4, -0.2) is 23.0 Å². The average Bonchev–Trinajstić information content (AvgIpc) is 3.01. The lowest BCUT2D eigenvalue weighted by Crippen LogP contribution is -2.03. The maximum Gasteiger partial charge on any atom is 0.0912 e. The van der Waals surface area contributed by atoms with E-state index in [-0.39, 0.29) is 5.92 Å². The fourth-order valence-corrected chi connectivity index (χ4v) is 2.52. The second-order valence-electron chi connectivity index (χ2n) is 4.57. The molecule has 100 valence electrons. The van der Waals surface area contributed by atoms with Crippen molar-refractivity contribution in [2.45, 2.75) is 12.3 Å². The van der Waals surface area contributed by atoms with Crippen LogP contribution in [0.5, 0.6) is 0 Å². The van der Waals surface area contributed by atoms with E-state index in [2.05, 4.69) is 5.10 Å².